The second-order valence-electron chi connectivity index (χ2n) is 7.01. The minimum absolute atomic E-state index is 0.127. The number of nitrogens with zero attached hydrogens (tertiary/aromatic N) is 1. The van der Waals surface area contributed by atoms with Crippen molar-refractivity contribution in [2.45, 2.75) is 13.0 Å². The van der Waals surface area contributed by atoms with Gasteiger partial charge < -0.3 is 10.6 Å². The van der Waals surface area contributed by atoms with E-state index in [-0.39, 0.29) is 30.9 Å². The standard InChI is InChI=1S/C23H25N3O2S/c1-17-10-12-19(13-11-17)24-21(27)15-26(2)16-22(28)25-23(20-9-6-14-29-20)18-7-4-3-5-8-18/h3-14,23H,15-16H2,1-2H3,(H,24,27)(H,25,28). The third-order valence-electron chi connectivity index (χ3n) is 4.43. The van der Waals surface area contributed by atoms with Crippen LogP contribution in [0.1, 0.15) is 22.0 Å². The molecule has 0 aliphatic heterocycles. The zero-order valence-electron chi connectivity index (χ0n) is 16.6. The molecular formula is C23H25N3O2S. The van der Waals surface area contributed by atoms with E-state index in [2.05, 4.69) is 10.6 Å². The number of likely N-dealkylation sites (N-methyl/N-ethyl adjacent to an activating group) is 1. The average molecular weight is 408 g/mol. The highest BCUT2D eigenvalue weighted by molar-refractivity contribution is 7.10. The lowest BCUT2D eigenvalue weighted by molar-refractivity contribution is -0.123. The summed E-state index contributed by atoms with van der Waals surface area (Å²) in [7, 11) is 1.76. The maximum Gasteiger partial charge on any atom is 0.238 e. The predicted octanol–water partition coefficient (Wildman–Crippen LogP) is 3.83. The first-order chi connectivity index (χ1) is 14.0. The molecule has 0 aliphatic carbocycles. The molecule has 0 spiro atoms. The third kappa shape index (κ3) is 6.27. The second-order valence-corrected chi connectivity index (χ2v) is 7.99. The van der Waals surface area contributed by atoms with E-state index in [1.165, 1.54) is 0 Å². The lowest BCUT2D eigenvalue weighted by atomic mass is 10.1. The molecule has 3 aromatic rings. The van der Waals surface area contributed by atoms with Crippen LogP contribution in [0.5, 0.6) is 0 Å². The molecule has 0 radical (unpaired) electrons. The highest BCUT2D eigenvalue weighted by atomic mass is 32.1. The van der Waals surface area contributed by atoms with Crippen LogP contribution >= 0.6 is 11.3 Å². The van der Waals surface area contributed by atoms with Gasteiger partial charge in [-0.15, -0.1) is 11.3 Å². The molecule has 1 heterocycles. The number of hydrogen-bond acceptors (Lipinski definition) is 4. The average Bonchev–Trinajstić information content (AvgIpc) is 3.23. The van der Waals surface area contributed by atoms with Crippen LogP contribution < -0.4 is 10.6 Å². The van der Waals surface area contributed by atoms with Crippen molar-refractivity contribution >= 4 is 28.8 Å². The first kappa shape index (κ1) is 20.8. The minimum atomic E-state index is -0.196. The summed E-state index contributed by atoms with van der Waals surface area (Å²) < 4.78 is 0. The molecule has 3 rings (SSSR count). The molecule has 0 bridgehead atoms. The van der Waals surface area contributed by atoms with Gasteiger partial charge in [-0.05, 0) is 43.1 Å². The van der Waals surface area contributed by atoms with E-state index in [0.29, 0.717) is 0 Å². The van der Waals surface area contributed by atoms with Gasteiger partial charge in [-0.2, -0.15) is 0 Å². The van der Waals surface area contributed by atoms with Crippen LogP contribution in [0, 0.1) is 6.92 Å². The van der Waals surface area contributed by atoms with Gasteiger partial charge >= 0.3 is 0 Å². The molecule has 0 fully saturated rings. The Balaban J connectivity index is 1.55. The minimum Gasteiger partial charge on any atom is -0.343 e. The Morgan fingerprint density at radius 3 is 2.28 bits per heavy atom. The zero-order chi connectivity index (χ0) is 20.6. The largest absolute Gasteiger partial charge is 0.343 e. The zero-order valence-corrected chi connectivity index (χ0v) is 17.4. The lowest BCUT2D eigenvalue weighted by Crippen LogP contribution is -2.40. The van der Waals surface area contributed by atoms with Crippen LogP contribution in [0.4, 0.5) is 5.69 Å². The van der Waals surface area contributed by atoms with Crippen LogP contribution in [-0.4, -0.2) is 36.9 Å². The molecule has 0 aliphatic rings. The smallest absolute Gasteiger partial charge is 0.238 e. The SMILES string of the molecule is Cc1ccc(NC(=O)CN(C)CC(=O)NC(c2ccccc2)c2cccs2)cc1. The molecule has 5 nitrogen and oxygen atoms in total. The van der Waals surface area contributed by atoms with Gasteiger partial charge in [-0.25, -0.2) is 0 Å². The maximum absolute atomic E-state index is 12.6. The highest BCUT2D eigenvalue weighted by Crippen LogP contribution is 2.25. The third-order valence-corrected chi connectivity index (χ3v) is 5.37. The number of benzene rings is 2. The van der Waals surface area contributed by atoms with Crippen LogP contribution in [-0.2, 0) is 9.59 Å². The molecule has 2 amide bonds. The van der Waals surface area contributed by atoms with Crippen LogP contribution in [0.3, 0.4) is 0 Å². The van der Waals surface area contributed by atoms with Crippen molar-refractivity contribution in [3.05, 3.63) is 88.1 Å². The summed E-state index contributed by atoms with van der Waals surface area (Å²) in [6.45, 7) is 2.27. The molecule has 1 aromatic heterocycles. The molecule has 150 valence electrons. The monoisotopic (exact) mass is 407 g/mol. The Morgan fingerprint density at radius 1 is 0.931 bits per heavy atom. The van der Waals surface area contributed by atoms with Gasteiger partial charge in [0.1, 0.15) is 0 Å². The van der Waals surface area contributed by atoms with E-state index in [0.717, 1.165) is 21.7 Å². The van der Waals surface area contributed by atoms with Gasteiger partial charge in [-0.1, -0.05) is 54.1 Å². The Labute approximate surface area is 175 Å². The number of carbonyl (C=O) groups excluding carboxylic acids is 2. The topological polar surface area (TPSA) is 61.4 Å². The number of nitrogens with one attached hydrogen (secondary N) is 2. The van der Waals surface area contributed by atoms with Gasteiger partial charge in [0.15, 0.2) is 0 Å². The lowest BCUT2D eigenvalue weighted by Gasteiger charge is -2.21. The first-order valence-electron chi connectivity index (χ1n) is 9.44. The van der Waals surface area contributed by atoms with Crippen molar-refractivity contribution in [1.29, 1.82) is 0 Å². The Kier molecular flexibility index (Phi) is 7.16. The molecule has 2 N–H and O–H groups in total. The van der Waals surface area contributed by atoms with Crippen molar-refractivity contribution in [3.8, 4) is 0 Å². The van der Waals surface area contributed by atoms with Crippen LogP contribution in [0.2, 0.25) is 0 Å². The molecule has 1 unspecified atom stereocenters. The number of anilines is 1. The Hall–Kier alpha value is -2.96. The van der Waals surface area contributed by atoms with Gasteiger partial charge in [0.25, 0.3) is 0 Å². The quantitative estimate of drug-likeness (QED) is 0.597. The summed E-state index contributed by atoms with van der Waals surface area (Å²) in [4.78, 5) is 27.6. The summed E-state index contributed by atoms with van der Waals surface area (Å²) in [6, 6.07) is 21.3. The Bertz CT molecular complexity index is 925. The molecule has 6 heteroatoms. The fourth-order valence-corrected chi connectivity index (χ4v) is 3.81. The fourth-order valence-electron chi connectivity index (χ4n) is 3.01. The molecule has 2 aromatic carbocycles. The van der Waals surface area contributed by atoms with Crippen molar-refractivity contribution in [1.82, 2.24) is 10.2 Å². The molecular weight excluding hydrogens is 382 g/mol. The number of carbonyl (C=O) groups is 2. The summed E-state index contributed by atoms with van der Waals surface area (Å²) >= 11 is 1.61. The maximum atomic E-state index is 12.6. The summed E-state index contributed by atoms with van der Waals surface area (Å²) in [5.74, 6) is -0.278. The van der Waals surface area contributed by atoms with Crippen molar-refractivity contribution < 1.29 is 9.59 Å². The van der Waals surface area contributed by atoms with Crippen molar-refractivity contribution in [2.24, 2.45) is 0 Å². The normalized spacial score (nSPS) is 11.8. The predicted molar refractivity (Wildman–Crippen MR) is 118 cm³/mol. The van der Waals surface area contributed by atoms with Gasteiger partial charge in [0.2, 0.25) is 11.8 Å². The van der Waals surface area contributed by atoms with E-state index < -0.39 is 0 Å². The summed E-state index contributed by atoms with van der Waals surface area (Å²) in [5.41, 5.74) is 2.92. The molecule has 0 saturated carbocycles. The summed E-state index contributed by atoms with van der Waals surface area (Å²) in [5, 5.41) is 7.94. The summed E-state index contributed by atoms with van der Waals surface area (Å²) in [6.07, 6.45) is 0. The first-order valence-corrected chi connectivity index (χ1v) is 10.3. The van der Waals surface area contributed by atoms with Gasteiger partial charge in [-0.3, -0.25) is 14.5 Å². The van der Waals surface area contributed by atoms with E-state index in [1.807, 2.05) is 79.0 Å². The van der Waals surface area contributed by atoms with Crippen molar-refractivity contribution in [2.75, 3.05) is 25.5 Å². The molecule has 0 saturated heterocycles. The van der Waals surface area contributed by atoms with Crippen LogP contribution in [0.25, 0.3) is 0 Å². The van der Waals surface area contributed by atoms with E-state index >= 15 is 0 Å². The number of rotatable bonds is 8. The number of aryl methyl sites for hydroxylation is 1. The fraction of sp³-hybridized carbons (Fsp3) is 0.217. The number of amides is 2. The van der Waals surface area contributed by atoms with Gasteiger partial charge in [0.05, 0.1) is 19.1 Å². The van der Waals surface area contributed by atoms with E-state index in [4.69, 9.17) is 0 Å². The molecule has 1 atom stereocenters. The highest BCUT2D eigenvalue weighted by Gasteiger charge is 2.19. The number of hydrogen-bond donors (Lipinski definition) is 2. The van der Waals surface area contributed by atoms with Crippen LogP contribution in [0.15, 0.2) is 72.1 Å². The molecule has 29 heavy (non-hydrogen) atoms. The van der Waals surface area contributed by atoms with Gasteiger partial charge in [0, 0.05) is 10.6 Å². The van der Waals surface area contributed by atoms with Crippen molar-refractivity contribution in [3.63, 3.8) is 0 Å². The van der Waals surface area contributed by atoms with E-state index in [1.54, 1.807) is 23.3 Å². The Morgan fingerprint density at radius 2 is 1.62 bits per heavy atom. The van der Waals surface area contributed by atoms with E-state index in [9.17, 15) is 9.59 Å². The second kappa shape index (κ2) is 10.0. The number of thiophene rings is 1.